The van der Waals surface area contributed by atoms with Crippen LogP contribution >= 0.6 is 0 Å². The monoisotopic (exact) mass is 600 g/mol. The Morgan fingerprint density at radius 2 is 1.64 bits per heavy atom. The van der Waals surface area contributed by atoms with Crippen LogP contribution in [0.25, 0.3) is 5.57 Å². The number of allylic oxidation sites excluding steroid dienone is 1. The van der Waals surface area contributed by atoms with E-state index in [1.54, 1.807) is 18.0 Å². The van der Waals surface area contributed by atoms with Crippen molar-refractivity contribution < 1.29 is 33.3 Å². The van der Waals surface area contributed by atoms with Crippen molar-refractivity contribution in [1.29, 1.82) is 0 Å². The number of hydrogen-bond donors (Lipinski definition) is 0. The van der Waals surface area contributed by atoms with Crippen molar-refractivity contribution in [3.63, 3.8) is 0 Å². The van der Waals surface area contributed by atoms with Crippen LogP contribution in [0.2, 0.25) is 0 Å². The molecule has 1 aliphatic heterocycles. The van der Waals surface area contributed by atoms with Gasteiger partial charge in [0.2, 0.25) is 5.88 Å². The second-order valence-corrected chi connectivity index (χ2v) is 10.8. The van der Waals surface area contributed by atoms with E-state index in [0.717, 1.165) is 35.1 Å². The van der Waals surface area contributed by atoms with Crippen LogP contribution in [-0.4, -0.2) is 66.6 Å². The summed E-state index contributed by atoms with van der Waals surface area (Å²) < 4.78 is 29.1. The molecule has 0 saturated carbocycles. The van der Waals surface area contributed by atoms with Gasteiger partial charge in [0, 0.05) is 18.3 Å². The molecule has 2 aromatic carbocycles. The number of hydrogen-bond acceptors (Lipinski definition) is 8. The standard InChI is InChI=1S/C35H40N2O7/c1-2-40-33(38)25-43-34-30(14-9-20-36-34)28-15-17-29(18-16-28)41-24-31-32(42-22-26-10-5-3-6-11-26)19-21-37(31)35(39)44-23-27-12-7-4-8-13-27/h3-15,20,29,31-32H,2,16-19,21-25H2,1H3/t29?,31-,32+/m0/s1. The molecule has 1 fully saturated rings. The van der Waals surface area contributed by atoms with Crippen LogP contribution in [0.4, 0.5) is 4.79 Å². The Morgan fingerprint density at radius 3 is 2.34 bits per heavy atom. The number of likely N-dealkylation sites (tertiary alicyclic amines) is 1. The van der Waals surface area contributed by atoms with E-state index in [9.17, 15) is 9.59 Å². The third-order valence-electron chi connectivity index (χ3n) is 7.85. The molecule has 1 aliphatic carbocycles. The molecule has 1 amide bonds. The molecule has 0 N–H and O–H groups in total. The van der Waals surface area contributed by atoms with E-state index < -0.39 is 5.97 Å². The highest BCUT2D eigenvalue weighted by atomic mass is 16.6. The molecule has 5 rings (SSSR count). The Kier molecular flexibility index (Phi) is 11.4. The van der Waals surface area contributed by atoms with Gasteiger partial charge >= 0.3 is 12.1 Å². The molecule has 232 valence electrons. The average Bonchev–Trinajstić information content (AvgIpc) is 3.48. The summed E-state index contributed by atoms with van der Waals surface area (Å²) in [6.07, 6.45) is 6.27. The molecule has 1 unspecified atom stereocenters. The normalized spacial score (nSPS) is 19.7. The first kappa shape index (κ1) is 31.2. The molecule has 9 heteroatoms. The van der Waals surface area contributed by atoms with Gasteiger partial charge in [-0.15, -0.1) is 0 Å². The minimum absolute atomic E-state index is 0.00288. The summed E-state index contributed by atoms with van der Waals surface area (Å²) in [5, 5.41) is 0. The summed E-state index contributed by atoms with van der Waals surface area (Å²) in [7, 11) is 0. The van der Waals surface area contributed by atoms with Crippen LogP contribution in [0.15, 0.2) is 85.1 Å². The maximum Gasteiger partial charge on any atom is 0.410 e. The molecule has 3 aromatic rings. The van der Waals surface area contributed by atoms with Gasteiger partial charge in [-0.05, 0) is 61.4 Å². The van der Waals surface area contributed by atoms with Gasteiger partial charge in [0.15, 0.2) is 6.61 Å². The molecule has 44 heavy (non-hydrogen) atoms. The van der Waals surface area contributed by atoms with Crippen LogP contribution in [0.3, 0.4) is 0 Å². The summed E-state index contributed by atoms with van der Waals surface area (Å²) in [6.45, 7) is 3.47. The Labute approximate surface area is 258 Å². The highest BCUT2D eigenvalue weighted by Crippen LogP contribution is 2.33. The Morgan fingerprint density at radius 1 is 0.886 bits per heavy atom. The van der Waals surface area contributed by atoms with Gasteiger partial charge in [-0.3, -0.25) is 0 Å². The van der Waals surface area contributed by atoms with Gasteiger partial charge in [0.25, 0.3) is 0 Å². The van der Waals surface area contributed by atoms with E-state index in [2.05, 4.69) is 11.1 Å². The molecule has 3 atom stereocenters. The molecular formula is C35H40N2O7. The number of nitrogens with zero attached hydrogens (tertiary/aromatic N) is 2. The van der Waals surface area contributed by atoms with E-state index >= 15 is 0 Å². The predicted octanol–water partition coefficient (Wildman–Crippen LogP) is 5.97. The largest absolute Gasteiger partial charge is 0.465 e. The first-order valence-electron chi connectivity index (χ1n) is 15.3. The SMILES string of the molecule is CCOC(=O)COc1ncccc1C1=CCC(OC[C@H]2[C@H](OCc3ccccc3)CCN2C(=O)OCc2ccccc2)CC1. The Bertz CT molecular complexity index is 1380. The summed E-state index contributed by atoms with van der Waals surface area (Å²) in [4.78, 5) is 31.1. The quantitative estimate of drug-likeness (QED) is 0.221. The predicted molar refractivity (Wildman–Crippen MR) is 165 cm³/mol. The number of aromatic nitrogens is 1. The fraction of sp³-hybridized carbons (Fsp3) is 0.400. The van der Waals surface area contributed by atoms with Gasteiger partial charge in [-0.2, -0.15) is 0 Å². The summed E-state index contributed by atoms with van der Waals surface area (Å²) in [5.41, 5.74) is 4.00. The zero-order valence-electron chi connectivity index (χ0n) is 25.1. The van der Waals surface area contributed by atoms with Crippen molar-refractivity contribution >= 4 is 17.6 Å². The van der Waals surface area contributed by atoms with E-state index in [1.165, 1.54) is 0 Å². The molecule has 9 nitrogen and oxygen atoms in total. The van der Waals surface area contributed by atoms with Crippen molar-refractivity contribution in [3.8, 4) is 5.88 Å². The second kappa shape index (κ2) is 16.0. The van der Waals surface area contributed by atoms with Gasteiger partial charge < -0.3 is 28.6 Å². The molecular weight excluding hydrogens is 560 g/mol. The van der Waals surface area contributed by atoms with Gasteiger partial charge in [0.05, 0.1) is 38.1 Å². The third kappa shape index (κ3) is 8.67. The van der Waals surface area contributed by atoms with Crippen LogP contribution in [0.5, 0.6) is 5.88 Å². The molecule has 0 spiro atoms. The molecule has 1 saturated heterocycles. The lowest BCUT2D eigenvalue weighted by Gasteiger charge is -2.30. The van der Waals surface area contributed by atoms with Crippen molar-refractivity contribution in [1.82, 2.24) is 9.88 Å². The van der Waals surface area contributed by atoms with Crippen LogP contribution in [0, 0.1) is 0 Å². The zero-order chi connectivity index (χ0) is 30.6. The van der Waals surface area contributed by atoms with Crippen molar-refractivity contribution in [3.05, 3.63) is 102 Å². The number of esters is 1. The van der Waals surface area contributed by atoms with E-state index in [1.807, 2.05) is 72.8 Å². The highest BCUT2D eigenvalue weighted by Gasteiger charge is 2.39. The minimum atomic E-state index is -0.425. The topological polar surface area (TPSA) is 96.4 Å². The smallest absolute Gasteiger partial charge is 0.410 e. The lowest BCUT2D eigenvalue weighted by Crippen LogP contribution is -2.44. The maximum absolute atomic E-state index is 13.2. The number of amides is 1. The molecule has 2 aliphatic rings. The fourth-order valence-corrected chi connectivity index (χ4v) is 5.54. The average molecular weight is 601 g/mol. The van der Waals surface area contributed by atoms with Crippen molar-refractivity contribution in [2.24, 2.45) is 0 Å². The van der Waals surface area contributed by atoms with E-state index in [4.69, 9.17) is 23.7 Å². The Hall–Kier alpha value is -4.21. The molecule has 0 radical (unpaired) electrons. The lowest BCUT2D eigenvalue weighted by atomic mass is 9.92. The maximum atomic E-state index is 13.2. The van der Waals surface area contributed by atoms with Crippen LogP contribution in [-0.2, 0) is 37.0 Å². The third-order valence-corrected chi connectivity index (χ3v) is 7.85. The molecule has 0 bridgehead atoms. The first-order chi connectivity index (χ1) is 21.6. The van der Waals surface area contributed by atoms with Crippen LogP contribution in [0.1, 0.15) is 49.3 Å². The minimum Gasteiger partial charge on any atom is -0.465 e. The summed E-state index contributed by atoms with van der Waals surface area (Å²) >= 11 is 0. The highest BCUT2D eigenvalue weighted by molar-refractivity contribution is 5.73. The van der Waals surface area contributed by atoms with Gasteiger partial charge in [0.1, 0.15) is 6.61 Å². The van der Waals surface area contributed by atoms with E-state index in [0.29, 0.717) is 45.1 Å². The number of carbonyl (C=O) groups is 2. The number of rotatable bonds is 13. The summed E-state index contributed by atoms with van der Waals surface area (Å²) in [6, 6.07) is 23.3. The van der Waals surface area contributed by atoms with Crippen molar-refractivity contribution in [2.75, 3.05) is 26.4 Å². The lowest BCUT2D eigenvalue weighted by molar-refractivity contribution is -0.145. The van der Waals surface area contributed by atoms with Gasteiger partial charge in [-0.25, -0.2) is 14.6 Å². The second-order valence-electron chi connectivity index (χ2n) is 10.8. The number of ether oxygens (including phenoxy) is 5. The van der Waals surface area contributed by atoms with Gasteiger partial charge in [-0.1, -0.05) is 66.7 Å². The van der Waals surface area contributed by atoms with Crippen LogP contribution < -0.4 is 4.74 Å². The number of pyridine rings is 1. The zero-order valence-corrected chi connectivity index (χ0v) is 25.1. The number of benzene rings is 2. The summed E-state index contributed by atoms with van der Waals surface area (Å²) in [5.74, 6) is -0.00802. The number of carbonyl (C=O) groups excluding carboxylic acids is 2. The Balaban J connectivity index is 1.19. The fourth-order valence-electron chi connectivity index (χ4n) is 5.54. The van der Waals surface area contributed by atoms with E-state index in [-0.39, 0.29) is 37.6 Å². The first-order valence-corrected chi connectivity index (χ1v) is 15.3. The molecule has 2 heterocycles. The molecule has 1 aromatic heterocycles. The van der Waals surface area contributed by atoms with Crippen molar-refractivity contribution in [2.45, 2.75) is 64.1 Å².